The molecule has 1 heterocycles. The number of oxime groups is 1. The summed E-state index contributed by atoms with van der Waals surface area (Å²) >= 11 is 0. The molecule has 1 saturated heterocycles. The standard InChI is InChI=1S/C38H48N6O6S/c1-5-28(4)36(44-19-18-42(38(44)47)25-32-13-9-12-31(20-32)22-39)37(46)41-34(21-29-10-7-6-8-11-29)35(45)26-43(24-27(2)3)51(49,50)33-16-14-30(15-17-33)23-40-48/h6-17,20,23,27-28,34-36,45,48H,5,18-19,21,24-26H2,1-4H3,(H,41,46)/b40-23+/t28-,34-,35+,36-/m0/s1. The Labute approximate surface area is 301 Å². The Morgan fingerprint density at radius 1 is 1.02 bits per heavy atom. The molecule has 4 rings (SSSR count). The third-order valence-electron chi connectivity index (χ3n) is 9.12. The Bertz CT molecular complexity index is 1800. The van der Waals surface area contributed by atoms with Gasteiger partial charge in [0.1, 0.15) is 6.04 Å². The molecule has 12 nitrogen and oxygen atoms in total. The van der Waals surface area contributed by atoms with Crippen LogP contribution in [0.4, 0.5) is 4.79 Å². The quantitative estimate of drug-likeness (QED) is 0.105. The summed E-state index contributed by atoms with van der Waals surface area (Å²) in [6.07, 6.45) is 0.721. The van der Waals surface area contributed by atoms with Gasteiger partial charge in [-0.2, -0.15) is 9.57 Å². The molecular formula is C38H48N6O6S. The minimum Gasteiger partial charge on any atom is -0.411 e. The number of hydrogen-bond donors (Lipinski definition) is 3. The molecule has 0 radical (unpaired) electrons. The SMILES string of the molecule is CC[C@H](C)[C@@H](C(=O)N[C@@H](Cc1ccccc1)[C@H](O)CN(CC(C)C)S(=O)(=O)c1ccc(/C=N/O)cc1)N1CCN(Cc2cccc(C#N)c2)C1=O. The molecule has 0 bridgehead atoms. The van der Waals surface area contributed by atoms with Crippen molar-refractivity contribution in [2.45, 2.75) is 70.2 Å². The number of carbonyl (C=O) groups is 2. The van der Waals surface area contributed by atoms with Gasteiger partial charge in [0.25, 0.3) is 0 Å². The molecule has 3 aromatic rings. The van der Waals surface area contributed by atoms with Crippen LogP contribution in [-0.4, -0.2) is 95.4 Å². The average Bonchev–Trinajstić information content (AvgIpc) is 3.46. The molecule has 51 heavy (non-hydrogen) atoms. The number of aliphatic hydroxyl groups excluding tert-OH is 1. The fraction of sp³-hybridized carbons (Fsp3) is 0.421. The van der Waals surface area contributed by atoms with Gasteiger partial charge in [-0.25, -0.2) is 13.2 Å². The molecule has 1 aliphatic rings. The first-order valence-electron chi connectivity index (χ1n) is 17.2. The summed E-state index contributed by atoms with van der Waals surface area (Å²) in [7, 11) is -4.07. The van der Waals surface area contributed by atoms with Gasteiger partial charge in [0, 0.05) is 32.7 Å². The van der Waals surface area contributed by atoms with Crippen molar-refractivity contribution in [3.05, 3.63) is 101 Å². The van der Waals surface area contributed by atoms with Gasteiger partial charge in [0.05, 0.1) is 34.9 Å². The lowest BCUT2D eigenvalue weighted by molar-refractivity contribution is -0.128. The van der Waals surface area contributed by atoms with Gasteiger partial charge in [0.2, 0.25) is 15.9 Å². The van der Waals surface area contributed by atoms with Gasteiger partial charge in [-0.1, -0.05) is 93.9 Å². The van der Waals surface area contributed by atoms with Crippen molar-refractivity contribution in [1.29, 1.82) is 5.26 Å². The van der Waals surface area contributed by atoms with E-state index in [0.29, 0.717) is 37.2 Å². The largest absolute Gasteiger partial charge is 0.411 e. The first-order valence-corrected chi connectivity index (χ1v) is 18.7. The van der Waals surface area contributed by atoms with Gasteiger partial charge in [0.15, 0.2) is 0 Å². The van der Waals surface area contributed by atoms with E-state index in [4.69, 9.17) is 5.21 Å². The number of nitrogens with one attached hydrogen (secondary N) is 1. The van der Waals surface area contributed by atoms with Crippen LogP contribution in [0.25, 0.3) is 0 Å². The Morgan fingerprint density at radius 3 is 2.33 bits per heavy atom. The number of amides is 3. The first-order chi connectivity index (χ1) is 24.4. The van der Waals surface area contributed by atoms with E-state index in [1.807, 2.05) is 64.1 Å². The Hall–Kier alpha value is -4.77. The summed E-state index contributed by atoms with van der Waals surface area (Å²) in [5.74, 6) is -0.719. The highest BCUT2D eigenvalue weighted by atomic mass is 32.2. The molecule has 0 aromatic heterocycles. The second kappa shape index (κ2) is 17.9. The molecule has 3 amide bonds. The van der Waals surface area contributed by atoms with Gasteiger partial charge in [-0.3, -0.25) is 4.79 Å². The van der Waals surface area contributed by atoms with Crippen LogP contribution in [0.1, 0.15) is 56.4 Å². The molecule has 0 spiro atoms. The van der Waals surface area contributed by atoms with Crippen molar-refractivity contribution in [3.8, 4) is 6.07 Å². The molecule has 0 unspecified atom stereocenters. The maximum absolute atomic E-state index is 14.3. The minimum absolute atomic E-state index is 0.0161. The zero-order chi connectivity index (χ0) is 37.1. The number of aliphatic hydroxyl groups is 1. The van der Waals surface area contributed by atoms with E-state index in [0.717, 1.165) is 11.1 Å². The summed E-state index contributed by atoms with van der Waals surface area (Å²) in [4.78, 5) is 31.3. The van der Waals surface area contributed by atoms with Crippen molar-refractivity contribution in [2.75, 3.05) is 26.2 Å². The lowest BCUT2D eigenvalue weighted by Gasteiger charge is -2.35. The fourth-order valence-corrected chi connectivity index (χ4v) is 7.89. The highest BCUT2D eigenvalue weighted by Gasteiger charge is 2.41. The Kier molecular flexibility index (Phi) is 13.7. The van der Waals surface area contributed by atoms with E-state index in [2.05, 4.69) is 16.5 Å². The molecule has 3 N–H and O–H groups in total. The second-order valence-corrected chi connectivity index (χ2v) is 15.4. The zero-order valence-corrected chi connectivity index (χ0v) is 30.4. The zero-order valence-electron chi connectivity index (χ0n) is 29.6. The average molecular weight is 717 g/mol. The van der Waals surface area contributed by atoms with Gasteiger partial charge in [-0.05, 0) is 59.2 Å². The van der Waals surface area contributed by atoms with Crippen LogP contribution in [0.5, 0.6) is 0 Å². The summed E-state index contributed by atoms with van der Waals surface area (Å²) in [6, 6.07) is 22.4. The predicted octanol–water partition coefficient (Wildman–Crippen LogP) is 4.45. The smallest absolute Gasteiger partial charge is 0.321 e. The van der Waals surface area contributed by atoms with Crippen molar-refractivity contribution in [1.82, 2.24) is 19.4 Å². The maximum Gasteiger partial charge on any atom is 0.321 e. The molecule has 3 aromatic carbocycles. The summed E-state index contributed by atoms with van der Waals surface area (Å²) in [6.45, 7) is 8.49. The molecule has 0 aliphatic carbocycles. The van der Waals surface area contributed by atoms with Crippen molar-refractivity contribution < 1.29 is 28.3 Å². The van der Waals surface area contributed by atoms with Gasteiger partial charge in [-0.15, -0.1) is 0 Å². The number of nitrogens with zero attached hydrogens (tertiary/aromatic N) is 5. The van der Waals surface area contributed by atoms with E-state index >= 15 is 0 Å². The van der Waals surface area contributed by atoms with Crippen molar-refractivity contribution in [2.24, 2.45) is 17.0 Å². The number of rotatable bonds is 17. The maximum atomic E-state index is 14.3. The van der Waals surface area contributed by atoms with Crippen molar-refractivity contribution >= 4 is 28.2 Å². The molecule has 4 atom stereocenters. The Balaban J connectivity index is 1.59. The summed E-state index contributed by atoms with van der Waals surface area (Å²) in [5, 5.41) is 36.0. The Morgan fingerprint density at radius 2 is 1.71 bits per heavy atom. The third-order valence-corrected chi connectivity index (χ3v) is 11.0. The van der Waals surface area contributed by atoms with Gasteiger partial charge >= 0.3 is 6.03 Å². The molecular weight excluding hydrogens is 669 g/mol. The fourth-order valence-electron chi connectivity index (χ4n) is 6.27. The highest BCUT2D eigenvalue weighted by molar-refractivity contribution is 7.89. The molecule has 1 aliphatic heterocycles. The number of carbonyl (C=O) groups excluding carboxylic acids is 2. The molecule has 13 heteroatoms. The molecule has 1 fully saturated rings. The van der Waals surface area contributed by atoms with Gasteiger partial charge < -0.3 is 25.4 Å². The molecule has 272 valence electrons. The summed E-state index contributed by atoms with van der Waals surface area (Å²) < 4.78 is 29.0. The van der Waals surface area contributed by atoms with Crippen LogP contribution < -0.4 is 5.32 Å². The van der Waals surface area contributed by atoms with E-state index < -0.39 is 34.1 Å². The predicted molar refractivity (Wildman–Crippen MR) is 194 cm³/mol. The van der Waals surface area contributed by atoms with E-state index in [1.165, 1.54) is 34.8 Å². The van der Waals surface area contributed by atoms with E-state index in [1.54, 1.807) is 28.0 Å². The number of nitriles is 1. The third kappa shape index (κ3) is 10.2. The summed E-state index contributed by atoms with van der Waals surface area (Å²) in [5.41, 5.74) is 2.67. The number of hydrogen-bond acceptors (Lipinski definition) is 8. The highest BCUT2D eigenvalue weighted by Crippen LogP contribution is 2.24. The monoisotopic (exact) mass is 716 g/mol. The van der Waals surface area contributed by atoms with Crippen LogP contribution in [0.2, 0.25) is 0 Å². The van der Waals surface area contributed by atoms with Crippen LogP contribution in [0.15, 0.2) is 88.9 Å². The topological polar surface area (TPSA) is 167 Å². The first kappa shape index (κ1) is 39.0. The number of benzene rings is 3. The second-order valence-electron chi connectivity index (χ2n) is 13.4. The molecule has 0 saturated carbocycles. The lowest BCUT2D eigenvalue weighted by atomic mass is 9.95. The number of sulfonamides is 1. The van der Waals surface area contributed by atoms with Crippen LogP contribution in [-0.2, 0) is 27.8 Å². The van der Waals surface area contributed by atoms with Crippen LogP contribution in [0, 0.1) is 23.2 Å². The van der Waals surface area contributed by atoms with Crippen molar-refractivity contribution in [3.63, 3.8) is 0 Å². The number of urea groups is 1. The normalized spacial score (nSPS) is 16.0. The lowest BCUT2D eigenvalue weighted by Crippen LogP contribution is -2.57. The van der Waals surface area contributed by atoms with E-state index in [9.17, 15) is 28.4 Å². The van der Waals surface area contributed by atoms with Crippen LogP contribution >= 0.6 is 0 Å². The minimum atomic E-state index is -4.07. The van der Waals surface area contributed by atoms with E-state index in [-0.39, 0.29) is 42.3 Å². The van der Waals surface area contributed by atoms with Crippen LogP contribution in [0.3, 0.4) is 0 Å².